The van der Waals surface area contributed by atoms with Crippen LogP contribution in [0.2, 0.25) is 5.02 Å². The average Bonchev–Trinajstić information content (AvgIpc) is 2.41. The van der Waals surface area contributed by atoms with Crippen LogP contribution >= 0.6 is 27.5 Å². The number of amides is 1. The summed E-state index contributed by atoms with van der Waals surface area (Å²) in [6, 6.07) is 12.0. The van der Waals surface area contributed by atoms with E-state index in [2.05, 4.69) is 21.2 Å². The molecule has 1 amide bonds. The molecule has 0 radical (unpaired) electrons. The van der Waals surface area contributed by atoms with Gasteiger partial charge in [-0.1, -0.05) is 17.7 Å². The Kier molecular flexibility index (Phi) is 4.87. The molecule has 0 aliphatic carbocycles. The molecule has 2 rings (SSSR count). The highest BCUT2D eigenvalue weighted by Gasteiger charge is 2.05. The summed E-state index contributed by atoms with van der Waals surface area (Å²) in [4.78, 5) is 11.8. The van der Waals surface area contributed by atoms with Crippen molar-refractivity contribution in [3.8, 4) is 5.75 Å². The van der Waals surface area contributed by atoms with Gasteiger partial charge in [-0.2, -0.15) is 0 Å². The van der Waals surface area contributed by atoms with Gasteiger partial charge in [0.05, 0.1) is 0 Å². The Labute approximate surface area is 130 Å². The number of halogens is 2. The number of carbonyl (C=O) groups excluding carboxylic acids is 1. The van der Waals surface area contributed by atoms with Gasteiger partial charge >= 0.3 is 0 Å². The van der Waals surface area contributed by atoms with Crippen molar-refractivity contribution in [3.05, 3.63) is 52.0 Å². The third kappa shape index (κ3) is 4.15. The number of hydrogen-bond donors (Lipinski definition) is 2. The maximum absolute atomic E-state index is 11.8. The molecule has 0 saturated carbocycles. The lowest BCUT2D eigenvalue weighted by atomic mass is 10.3. The maximum atomic E-state index is 11.8. The molecule has 6 heteroatoms. The summed E-state index contributed by atoms with van der Waals surface area (Å²) >= 11 is 9.12. The number of ether oxygens (including phenoxy) is 1. The predicted octanol–water partition coefficient (Wildman–Crippen LogP) is 3.70. The first-order chi connectivity index (χ1) is 9.54. The minimum Gasteiger partial charge on any atom is -0.484 e. The quantitative estimate of drug-likeness (QED) is 0.822. The van der Waals surface area contributed by atoms with E-state index in [9.17, 15) is 4.79 Å². The van der Waals surface area contributed by atoms with E-state index in [0.717, 1.165) is 4.47 Å². The number of nitrogen functional groups attached to an aromatic ring is 1. The van der Waals surface area contributed by atoms with Crippen molar-refractivity contribution in [2.45, 2.75) is 0 Å². The minimum absolute atomic E-state index is 0.0949. The maximum Gasteiger partial charge on any atom is 0.262 e. The lowest BCUT2D eigenvalue weighted by Gasteiger charge is -2.08. The highest BCUT2D eigenvalue weighted by molar-refractivity contribution is 9.10. The van der Waals surface area contributed by atoms with Gasteiger partial charge < -0.3 is 15.8 Å². The molecule has 3 N–H and O–H groups in total. The first-order valence-corrected chi connectivity index (χ1v) is 6.95. The Morgan fingerprint density at radius 2 is 2.10 bits per heavy atom. The molecule has 0 fully saturated rings. The van der Waals surface area contributed by atoms with Gasteiger partial charge in [0, 0.05) is 20.9 Å². The molecule has 4 nitrogen and oxygen atoms in total. The Morgan fingerprint density at radius 3 is 2.80 bits per heavy atom. The largest absolute Gasteiger partial charge is 0.484 e. The van der Waals surface area contributed by atoms with Crippen LogP contribution in [0.5, 0.6) is 5.75 Å². The highest BCUT2D eigenvalue weighted by Crippen LogP contribution is 2.23. The van der Waals surface area contributed by atoms with Crippen molar-refractivity contribution in [1.29, 1.82) is 0 Å². The lowest BCUT2D eigenvalue weighted by Crippen LogP contribution is -2.20. The second-order valence-corrected chi connectivity index (χ2v) is 5.32. The summed E-state index contributed by atoms with van der Waals surface area (Å²) in [6.45, 7) is -0.0949. The van der Waals surface area contributed by atoms with Crippen LogP contribution in [-0.4, -0.2) is 12.5 Å². The van der Waals surface area contributed by atoms with E-state index in [4.69, 9.17) is 22.1 Å². The number of nitrogens with one attached hydrogen (secondary N) is 1. The van der Waals surface area contributed by atoms with Crippen LogP contribution in [0.1, 0.15) is 0 Å². The molecule has 0 aliphatic rings. The molecule has 0 spiro atoms. The van der Waals surface area contributed by atoms with Crippen LogP contribution in [0.3, 0.4) is 0 Å². The number of nitrogens with two attached hydrogens (primary N) is 1. The van der Waals surface area contributed by atoms with E-state index < -0.39 is 0 Å². The Hall–Kier alpha value is -1.72. The summed E-state index contributed by atoms with van der Waals surface area (Å²) in [5.74, 6) is 0.285. The number of anilines is 2. The summed E-state index contributed by atoms with van der Waals surface area (Å²) in [7, 11) is 0. The van der Waals surface area contributed by atoms with Gasteiger partial charge in [-0.15, -0.1) is 0 Å². The standard InChI is InChI=1S/C14H12BrClN2O2/c15-12-7-10(4-5-13(12)17)18-14(19)8-20-11-3-1-2-9(16)6-11/h1-7H,8,17H2,(H,18,19). The van der Waals surface area contributed by atoms with Crippen LogP contribution in [0, 0.1) is 0 Å². The number of rotatable bonds is 4. The van der Waals surface area contributed by atoms with Gasteiger partial charge in [-0.25, -0.2) is 0 Å². The van der Waals surface area contributed by atoms with Crippen molar-refractivity contribution in [3.63, 3.8) is 0 Å². The molecule has 2 aromatic carbocycles. The molecule has 0 atom stereocenters. The Bertz CT molecular complexity index is 634. The molecule has 0 bridgehead atoms. The lowest BCUT2D eigenvalue weighted by molar-refractivity contribution is -0.118. The summed E-state index contributed by atoms with van der Waals surface area (Å²) in [6.07, 6.45) is 0. The topological polar surface area (TPSA) is 64.3 Å². The van der Waals surface area contributed by atoms with Crippen molar-refractivity contribution in [2.75, 3.05) is 17.7 Å². The zero-order valence-electron chi connectivity index (χ0n) is 10.4. The van der Waals surface area contributed by atoms with Gasteiger partial charge in [0.2, 0.25) is 0 Å². The first-order valence-electron chi connectivity index (χ1n) is 5.78. The predicted molar refractivity (Wildman–Crippen MR) is 84.1 cm³/mol. The molecular formula is C14H12BrClN2O2. The molecule has 104 valence electrons. The number of hydrogen-bond acceptors (Lipinski definition) is 3. The van der Waals surface area contributed by atoms with Gasteiger partial charge in [0.15, 0.2) is 6.61 Å². The zero-order valence-corrected chi connectivity index (χ0v) is 12.7. The van der Waals surface area contributed by atoms with E-state index in [0.29, 0.717) is 22.1 Å². The molecule has 0 unspecified atom stereocenters. The summed E-state index contributed by atoms with van der Waals surface area (Å²) < 4.78 is 6.07. The average molecular weight is 356 g/mol. The second-order valence-electron chi connectivity index (χ2n) is 4.03. The molecule has 20 heavy (non-hydrogen) atoms. The highest BCUT2D eigenvalue weighted by atomic mass is 79.9. The van der Waals surface area contributed by atoms with Gasteiger partial charge in [0.25, 0.3) is 5.91 Å². The van der Waals surface area contributed by atoms with E-state index in [1.807, 2.05) is 0 Å². The molecule has 0 saturated heterocycles. The van der Waals surface area contributed by atoms with E-state index in [-0.39, 0.29) is 12.5 Å². The van der Waals surface area contributed by atoms with Crippen LogP contribution < -0.4 is 15.8 Å². The summed E-state index contributed by atoms with van der Waals surface area (Å²) in [5, 5.41) is 3.27. The molecule has 0 aliphatic heterocycles. The van der Waals surface area contributed by atoms with Crippen LogP contribution in [0.15, 0.2) is 46.9 Å². The van der Waals surface area contributed by atoms with Crippen molar-refractivity contribution >= 4 is 44.8 Å². The van der Waals surface area contributed by atoms with E-state index >= 15 is 0 Å². The van der Waals surface area contributed by atoms with Gasteiger partial charge in [-0.05, 0) is 52.3 Å². The Balaban J connectivity index is 1.91. The van der Waals surface area contributed by atoms with Crippen LogP contribution in [0.25, 0.3) is 0 Å². The van der Waals surface area contributed by atoms with Gasteiger partial charge in [0.1, 0.15) is 5.75 Å². The molecule has 0 aromatic heterocycles. The Morgan fingerprint density at radius 1 is 1.30 bits per heavy atom. The number of carbonyl (C=O) groups is 1. The normalized spacial score (nSPS) is 10.1. The molecular weight excluding hydrogens is 344 g/mol. The fourth-order valence-electron chi connectivity index (χ4n) is 1.51. The van der Waals surface area contributed by atoms with Crippen LogP contribution in [0.4, 0.5) is 11.4 Å². The SMILES string of the molecule is Nc1ccc(NC(=O)COc2cccc(Cl)c2)cc1Br. The van der Waals surface area contributed by atoms with Crippen molar-refractivity contribution in [2.24, 2.45) is 0 Å². The fraction of sp³-hybridized carbons (Fsp3) is 0.0714. The third-order valence-electron chi connectivity index (χ3n) is 2.45. The van der Waals surface area contributed by atoms with E-state index in [1.54, 1.807) is 42.5 Å². The minimum atomic E-state index is -0.262. The smallest absolute Gasteiger partial charge is 0.262 e. The van der Waals surface area contributed by atoms with E-state index in [1.165, 1.54) is 0 Å². The first kappa shape index (κ1) is 14.7. The van der Waals surface area contributed by atoms with Crippen molar-refractivity contribution in [1.82, 2.24) is 0 Å². The monoisotopic (exact) mass is 354 g/mol. The number of benzene rings is 2. The fourth-order valence-corrected chi connectivity index (χ4v) is 2.07. The molecule has 2 aromatic rings. The summed E-state index contributed by atoms with van der Waals surface area (Å²) in [5.41, 5.74) is 6.93. The third-order valence-corrected chi connectivity index (χ3v) is 3.37. The van der Waals surface area contributed by atoms with Crippen molar-refractivity contribution < 1.29 is 9.53 Å². The second kappa shape index (κ2) is 6.63. The van der Waals surface area contributed by atoms with Gasteiger partial charge in [-0.3, -0.25) is 4.79 Å². The van der Waals surface area contributed by atoms with Crippen LogP contribution in [-0.2, 0) is 4.79 Å². The zero-order chi connectivity index (χ0) is 14.5. The molecule has 0 heterocycles.